The standard InChI is InChI=1S/C15H18N2O/c16-15(12-3-4-12)13-7-8-17(10-13)9-11-1-5-14(18)6-2-11/h1-2,5-8,10,12,15,18H,3-4,9,16H2. The number of rotatable bonds is 4. The molecule has 1 saturated carbocycles. The molecule has 1 heterocycles. The molecule has 1 aromatic carbocycles. The molecule has 1 fully saturated rings. The van der Waals surface area contributed by atoms with Crippen LogP contribution in [0.15, 0.2) is 42.7 Å². The van der Waals surface area contributed by atoms with E-state index in [1.165, 1.54) is 24.0 Å². The maximum atomic E-state index is 9.24. The third-order valence-corrected chi connectivity index (χ3v) is 3.59. The van der Waals surface area contributed by atoms with E-state index in [1.807, 2.05) is 12.1 Å². The van der Waals surface area contributed by atoms with Gasteiger partial charge in [-0.2, -0.15) is 0 Å². The fraction of sp³-hybridized carbons (Fsp3) is 0.333. The molecule has 1 atom stereocenters. The van der Waals surface area contributed by atoms with Crippen LogP contribution >= 0.6 is 0 Å². The van der Waals surface area contributed by atoms with E-state index in [4.69, 9.17) is 5.73 Å². The van der Waals surface area contributed by atoms with Crippen LogP contribution in [0.5, 0.6) is 5.75 Å². The normalized spacial score (nSPS) is 16.7. The summed E-state index contributed by atoms with van der Waals surface area (Å²) in [4.78, 5) is 0. The molecule has 18 heavy (non-hydrogen) atoms. The van der Waals surface area contributed by atoms with Crippen molar-refractivity contribution in [1.82, 2.24) is 4.57 Å². The first-order chi connectivity index (χ1) is 8.72. The molecule has 3 rings (SSSR count). The Balaban J connectivity index is 1.71. The number of hydrogen-bond acceptors (Lipinski definition) is 2. The third-order valence-electron chi connectivity index (χ3n) is 3.59. The minimum atomic E-state index is 0.200. The van der Waals surface area contributed by atoms with Gasteiger partial charge in [0.1, 0.15) is 5.75 Å². The van der Waals surface area contributed by atoms with Crippen molar-refractivity contribution in [2.75, 3.05) is 0 Å². The lowest BCUT2D eigenvalue weighted by Crippen LogP contribution is -2.11. The molecular weight excluding hydrogens is 224 g/mol. The number of nitrogens with zero attached hydrogens (tertiary/aromatic N) is 1. The van der Waals surface area contributed by atoms with Gasteiger partial charge in [0.25, 0.3) is 0 Å². The highest BCUT2D eigenvalue weighted by atomic mass is 16.3. The molecule has 3 N–H and O–H groups in total. The molecule has 0 saturated heterocycles. The Labute approximate surface area is 107 Å². The number of benzene rings is 1. The second-order valence-corrected chi connectivity index (χ2v) is 5.15. The first-order valence-corrected chi connectivity index (χ1v) is 6.41. The summed E-state index contributed by atoms with van der Waals surface area (Å²) < 4.78 is 2.14. The highest BCUT2D eigenvalue weighted by Crippen LogP contribution is 2.39. The smallest absolute Gasteiger partial charge is 0.115 e. The molecule has 94 valence electrons. The van der Waals surface area contributed by atoms with Crippen molar-refractivity contribution >= 4 is 0 Å². The largest absolute Gasteiger partial charge is 0.508 e. The zero-order valence-corrected chi connectivity index (χ0v) is 10.3. The summed E-state index contributed by atoms with van der Waals surface area (Å²) >= 11 is 0. The van der Waals surface area contributed by atoms with E-state index in [9.17, 15) is 5.11 Å². The molecule has 3 heteroatoms. The predicted octanol–water partition coefficient (Wildman–Crippen LogP) is 2.65. The molecule has 0 spiro atoms. The number of nitrogens with two attached hydrogens (primary N) is 1. The Kier molecular flexibility index (Phi) is 2.84. The van der Waals surface area contributed by atoms with Gasteiger partial charge in [-0.1, -0.05) is 12.1 Å². The van der Waals surface area contributed by atoms with Gasteiger partial charge in [-0.3, -0.25) is 0 Å². The van der Waals surface area contributed by atoms with Crippen molar-refractivity contribution in [2.45, 2.75) is 25.4 Å². The zero-order valence-electron chi connectivity index (χ0n) is 10.3. The number of hydrogen-bond donors (Lipinski definition) is 2. The number of aromatic hydroxyl groups is 1. The summed E-state index contributed by atoms with van der Waals surface area (Å²) in [5, 5.41) is 9.24. The summed E-state index contributed by atoms with van der Waals surface area (Å²) in [5.74, 6) is 0.997. The first kappa shape index (κ1) is 11.4. The molecule has 1 aliphatic carbocycles. The van der Waals surface area contributed by atoms with Crippen LogP contribution in [0, 0.1) is 5.92 Å². The Morgan fingerprint density at radius 1 is 1.22 bits per heavy atom. The van der Waals surface area contributed by atoms with Crippen LogP contribution in [0.3, 0.4) is 0 Å². The zero-order chi connectivity index (χ0) is 12.5. The van der Waals surface area contributed by atoms with E-state index in [1.54, 1.807) is 12.1 Å². The highest BCUT2D eigenvalue weighted by molar-refractivity contribution is 5.27. The van der Waals surface area contributed by atoms with Crippen LogP contribution in [0.2, 0.25) is 0 Å². The van der Waals surface area contributed by atoms with Gasteiger partial charge in [0.15, 0.2) is 0 Å². The van der Waals surface area contributed by atoms with Crippen LogP contribution in [-0.4, -0.2) is 9.67 Å². The Bertz CT molecular complexity index is 526. The quantitative estimate of drug-likeness (QED) is 0.866. The van der Waals surface area contributed by atoms with E-state index in [-0.39, 0.29) is 6.04 Å². The van der Waals surface area contributed by atoms with Crippen molar-refractivity contribution in [3.8, 4) is 5.75 Å². The molecule has 1 aliphatic rings. The molecule has 0 aliphatic heterocycles. The van der Waals surface area contributed by atoms with Crippen molar-refractivity contribution < 1.29 is 5.11 Å². The first-order valence-electron chi connectivity index (χ1n) is 6.41. The monoisotopic (exact) mass is 242 g/mol. The molecule has 0 amide bonds. The lowest BCUT2D eigenvalue weighted by atomic mass is 10.1. The lowest BCUT2D eigenvalue weighted by molar-refractivity contribution is 0.475. The van der Waals surface area contributed by atoms with Gasteiger partial charge in [0.05, 0.1) is 0 Å². The maximum Gasteiger partial charge on any atom is 0.115 e. The highest BCUT2D eigenvalue weighted by Gasteiger charge is 2.29. The number of aromatic nitrogens is 1. The SMILES string of the molecule is NC(c1ccn(Cc2ccc(O)cc2)c1)C1CC1. The maximum absolute atomic E-state index is 9.24. The van der Waals surface area contributed by atoms with Gasteiger partial charge in [-0.15, -0.1) is 0 Å². The van der Waals surface area contributed by atoms with Crippen LogP contribution in [0.25, 0.3) is 0 Å². The van der Waals surface area contributed by atoms with E-state index >= 15 is 0 Å². The van der Waals surface area contributed by atoms with E-state index in [0.717, 1.165) is 6.54 Å². The van der Waals surface area contributed by atoms with Crippen molar-refractivity contribution in [3.05, 3.63) is 53.9 Å². The molecule has 2 aromatic rings. The van der Waals surface area contributed by atoms with Gasteiger partial charge < -0.3 is 15.4 Å². The molecule has 0 bridgehead atoms. The average Bonchev–Trinajstić information content (AvgIpc) is 3.12. The minimum absolute atomic E-state index is 0.200. The number of phenols is 1. The van der Waals surface area contributed by atoms with Crippen molar-refractivity contribution in [3.63, 3.8) is 0 Å². The van der Waals surface area contributed by atoms with Crippen LogP contribution in [-0.2, 0) is 6.54 Å². The van der Waals surface area contributed by atoms with Gasteiger partial charge >= 0.3 is 0 Å². The van der Waals surface area contributed by atoms with E-state index in [0.29, 0.717) is 11.7 Å². The second kappa shape index (κ2) is 4.50. The van der Waals surface area contributed by atoms with Gasteiger partial charge in [0, 0.05) is 25.0 Å². The summed E-state index contributed by atoms with van der Waals surface area (Å²) in [5.41, 5.74) is 8.59. The lowest BCUT2D eigenvalue weighted by Gasteiger charge is -2.07. The summed E-state index contributed by atoms with van der Waals surface area (Å²) in [7, 11) is 0. The Morgan fingerprint density at radius 2 is 1.94 bits per heavy atom. The molecule has 1 unspecified atom stereocenters. The van der Waals surface area contributed by atoms with Crippen LogP contribution in [0.4, 0.5) is 0 Å². The fourth-order valence-corrected chi connectivity index (χ4v) is 2.29. The Hall–Kier alpha value is -1.74. The minimum Gasteiger partial charge on any atom is -0.508 e. The van der Waals surface area contributed by atoms with E-state index in [2.05, 4.69) is 23.0 Å². The topological polar surface area (TPSA) is 51.2 Å². The molecule has 3 nitrogen and oxygen atoms in total. The fourth-order valence-electron chi connectivity index (χ4n) is 2.29. The summed E-state index contributed by atoms with van der Waals surface area (Å²) in [6.07, 6.45) is 6.74. The molecule has 1 aromatic heterocycles. The predicted molar refractivity (Wildman–Crippen MR) is 71.3 cm³/mol. The van der Waals surface area contributed by atoms with Crippen molar-refractivity contribution in [2.24, 2.45) is 11.7 Å². The number of phenolic OH excluding ortho intramolecular Hbond substituents is 1. The Morgan fingerprint density at radius 3 is 2.61 bits per heavy atom. The summed E-state index contributed by atoms with van der Waals surface area (Å²) in [6, 6.07) is 9.63. The summed E-state index contributed by atoms with van der Waals surface area (Å²) in [6.45, 7) is 0.817. The van der Waals surface area contributed by atoms with Crippen LogP contribution in [0.1, 0.15) is 30.0 Å². The van der Waals surface area contributed by atoms with Gasteiger partial charge in [-0.05, 0) is 48.1 Å². The second-order valence-electron chi connectivity index (χ2n) is 5.15. The third kappa shape index (κ3) is 2.41. The van der Waals surface area contributed by atoms with Gasteiger partial charge in [0.2, 0.25) is 0 Å². The van der Waals surface area contributed by atoms with Crippen molar-refractivity contribution in [1.29, 1.82) is 0 Å². The molecule has 0 radical (unpaired) electrons. The molecular formula is C15H18N2O. The average molecular weight is 242 g/mol. The van der Waals surface area contributed by atoms with Crippen LogP contribution < -0.4 is 5.73 Å². The van der Waals surface area contributed by atoms with E-state index < -0.39 is 0 Å². The van der Waals surface area contributed by atoms with Gasteiger partial charge in [-0.25, -0.2) is 0 Å².